The lowest BCUT2D eigenvalue weighted by molar-refractivity contribution is 0.112. The highest BCUT2D eigenvalue weighted by Gasteiger charge is 2.02. The highest BCUT2D eigenvalue weighted by atomic mass is 32.2. The Morgan fingerprint density at radius 1 is 1.06 bits per heavy atom. The summed E-state index contributed by atoms with van der Waals surface area (Å²) in [6, 6.07) is 16.2. The molecule has 0 amide bonds. The molecule has 0 N–H and O–H groups in total. The van der Waals surface area contributed by atoms with Gasteiger partial charge in [-0.1, -0.05) is 43.0 Å². The second-order valence-corrected chi connectivity index (χ2v) is 4.89. The van der Waals surface area contributed by atoms with E-state index in [9.17, 15) is 4.79 Å². The van der Waals surface area contributed by atoms with Crippen LogP contribution in [0.5, 0.6) is 0 Å². The molecule has 0 spiro atoms. The van der Waals surface area contributed by atoms with Gasteiger partial charge in [-0.3, -0.25) is 4.79 Å². The summed E-state index contributed by atoms with van der Waals surface area (Å²) in [6.45, 7) is 2.07. The maximum absolute atomic E-state index is 10.8. The van der Waals surface area contributed by atoms with Gasteiger partial charge in [0.15, 0.2) is 0 Å². The average molecular weight is 242 g/mol. The van der Waals surface area contributed by atoms with E-state index in [0.29, 0.717) is 0 Å². The maximum Gasteiger partial charge on any atom is 0.150 e. The van der Waals surface area contributed by atoms with Crippen molar-refractivity contribution in [3.05, 3.63) is 59.7 Å². The quantitative estimate of drug-likeness (QED) is 0.747. The fourth-order valence-corrected chi connectivity index (χ4v) is 2.59. The summed E-state index contributed by atoms with van der Waals surface area (Å²) < 4.78 is 0. The summed E-state index contributed by atoms with van der Waals surface area (Å²) in [5.41, 5.74) is 1.91. The molecule has 0 saturated carbocycles. The Hall–Kier alpha value is -1.54. The van der Waals surface area contributed by atoms with E-state index < -0.39 is 0 Å². The van der Waals surface area contributed by atoms with Gasteiger partial charge in [0.2, 0.25) is 0 Å². The third kappa shape index (κ3) is 2.98. The van der Waals surface area contributed by atoms with Crippen LogP contribution >= 0.6 is 11.8 Å². The van der Waals surface area contributed by atoms with Crippen molar-refractivity contribution in [2.24, 2.45) is 0 Å². The molecule has 0 aliphatic heterocycles. The molecule has 0 radical (unpaired) electrons. The van der Waals surface area contributed by atoms with Crippen LogP contribution in [0.25, 0.3) is 0 Å². The van der Waals surface area contributed by atoms with E-state index in [0.717, 1.165) is 23.8 Å². The molecule has 0 aliphatic carbocycles. The third-order valence-electron chi connectivity index (χ3n) is 2.60. The number of carbonyl (C=O) groups excluding carboxylic acids is 1. The number of rotatable bonds is 4. The molecule has 0 fully saturated rings. The highest BCUT2D eigenvalue weighted by molar-refractivity contribution is 7.99. The molecule has 2 aromatic carbocycles. The first kappa shape index (κ1) is 11.9. The lowest BCUT2D eigenvalue weighted by Crippen LogP contribution is -1.90. The largest absolute Gasteiger partial charge is 0.298 e. The summed E-state index contributed by atoms with van der Waals surface area (Å²) in [5.74, 6) is 0. The molecule has 0 heterocycles. The molecule has 2 heteroatoms. The first-order valence-electron chi connectivity index (χ1n) is 5.64. The Kier molecular flexibility index (Phi) is 3.99. The van der Waals surface area contributed by atoms with E-state index in [1.165, 1.54) is 9.79 Å². The number of benzene rings is 2. The second-order valence-electron chi connectivity index (χ2n) is 3.75. The van der Waals surface area contributed by atoms with E-state index in [4.69, 9.17) is 0 Å². The van der Waals surface area contributed by atoms with Crippen molar-refractivity contribution in [3.8, 4) is 0 Å². The highest BCUT2D eigenvalue weighted by Crippen LogP contribution is 2.28. The van der Waals surface area contributed by atoms with E-state index in [-0.39, 0.29) is 0 Å². The van der Waals surface area contributed by atoms with E-state index >= 15 is 0 Å². The van der Waals surface area contributed by atoms with E-state index in [1.807, 2.05) is 30.3 Å². The number of hydrogen-bond acceptors (Lipinski definition) is 2. The predicted molar refractivity (Wildman–Crippen MR) is 71.8 cm³/mol. The van der Waals surface area contributed by atoms with Gasteiger partial charge in [0.1, 0.15) is 6.29 Å². The fraction of sp³-hybridized carbons (Fsp3) is 0.133. The van der Waals surface area contributed by atoms with Gasteiger partial charge < -0.3 is 0 Å². The molecular formula is C15H14OS. The smallest absolute Gasteiger partial charge is 0.150 e. The molecule has 0 bridgehead atoms. The molecule has 17 heavy (non-hydrogen) atoms. The van der Waals surface area contributed by atoms with Crippen LogP contribution < -0.4 is 0 Å². The zero-order valence-corrected chi connectivity index (χ0v) is 10.5. The minimum atomic E-state index is 0.796. The molecule has 2 aromatic rings. The summed E-state index contributed by atoms with van der Waals surface area (Å²) in [7, 11) is 0. The topological polar surface area (TPSA) is 17.1 Å². The van der Waals surface area contributed by atoms with Crippen molar-refractivity contribution in [2.45, 2.75) is 23.1 Å². The first-order valence-corrected chi connectivity index (χ1v) is 6.46. The van der Waals surface area contributed by atoms with Crippen LogP contribution in [0.4, 0.5) is 0 Å². The van der Waals surface area contributed by atoms with Crippen LogP contribution in [-0.2, 0) is 6.42 Å². The van der Waals surface area contributed by atoms with Gasteiger partial charge in [0.25, 0.3) is 0 Å². The van der Waals surface area contributed by atoms with Gasteiger partial charge in [-0.15, -0.1) is 0 Å². The summed E-state index contributed by atoms with van der Waals surface area (Å²) >= 11 is 1.72. The Balaban J connectivity index is 2.25. The Labute approximate surface area is 106 Å². The van der Waals surface area contributed by atoms with Crippen molar-refractivity contribution in [3.63, 3.8) is 0 Å². The van der Waals surface area contributed by atoms with Crippen LogP contribution in [0, 0.1) is 0 Å². The van der Waals surface area contributed by atoms with Gasteiger partial charge in [-0.25, -0.2) is 0 Å². The van der Waals surface area contributed by atoms with Crippen molar-refractivity contribution in [1.82, 2.24) is 0 Å². The number of hydrogen-bond donors (Lipinski definition) is 0. The summed E-state index contributed by atoms with van der Waals surface area (Å²) in [5, 5.41) is 0. The van der Waals surface area contributed by atoms with Crippen molar-refractivity contribution in [2.75, 3.05) is 0 Å². The Bertz CT molecular complexity index is 506. The third-order valence-corrected chi connectivity index (χ3v) is 3.60. The van der Waals surface area contributed by atoms with Crippen molar-refractivity contribution in [1.29, 1.82) is 0 Å². The van der Waals surface area contributed by atoms with Crippen molar-refractivity contribution < 1.29 is 4.79 Å². The predicted octanol–water partition coefficient (Wildman–Crippen LogP) is 4.21. The molecule has 1 nitrogen and oxygen atoms in total. The van der Waals surface area contributed by atoms with Gasteiger partial charge in [-0.2, -0.15) is 0 Å². The number of carbonyl (C=O) groups is 1. The SMILES string of the molecule is CCc1cc(Sc2ccccc2)ccc1C=O. The fourth-order valence-electron chi connectivity index (χ4n) is 1.69. The molecular weight excluding hydrogens is 228 g/mol. The maximum atomic E-state index is 10.8. The molecule has 0 aliphatic rings. The monoisotopic (exact) mass is 242 g/mol. The molecule has 86 valence electrons. The molecule has 0 atom stereocenters. The molecule has 0 saturated heterocycles. The standard InChI is InChI=1S/C15H14OS/c1-2-12-10-15(9-8-13(12)11-16)17-14-6-4-3-5-7-14/h3-11H,2H2,1H3. The van der Waals surface area contributed by atoms with Crippen LogP contribution in [0.15, 0.2) is 58.3 Å². The first-order chi connectivity index (χ1) is 8.33. The number of aldehydes is 1. The van der Waals surface area contributed by atoms with Gasteiger partial charge in [0.05, 0.1) is 0 Å². The van der Waals surface area contributed by atoms with Gasteiger partial charge in [0, 0.05) is 15.4 Å². The van der Waals surface area contributed by atoms with Gasteiger partial charge >= 0.3 is 0 Å². The van der Waals surface area contributed by atoms with Crippen LogP contribution in [-0.4, -0.2) is 6.29 Å². The normalized spacial score (nSPS) is 10.2. The van der Waals surface area contributed by atoms with E-state index in [1.54, 1.807) is 11.8 Å². The average Bonchev–Trinajstić information content (AvgIpc) is 2.40. The lowest BCUT2D eigenvalue weighted by atomic mass is 10.1. The lowest BCUT2D eigenvalue weighted by Gasteiger charge is -2.06. The number of aryl methyl sites for hydroxylation is 1. The van der Waals surface area contributed by atoms with Crippen LogP contribution in [0.3, 0.4) is 0 Å². The Morgan fingerprint density at radius 2 is 1.82 bits per heavy atom. The molecule has 0 aromatic heterocycles. The summed E-state index contributed by atoms with van der Waals surface area (Å²) in [4.78, 5) is 13.2. The molecule has 2 rings (SSSR count). The van der Waals surface area contributed by atoms with Gasteiger partial charge in [-0.05, 0) is 36.2 Å². The zero-order chi connectivity index (χ0) is 12.1. The van der Waals surface area contributed by atoms with Crippen molar-refractivity contribution >= 4 is 18.0 Å². The minimum absolute atomic E-state index is 0.796. The molecule has 0 unspecified atom stereocenters. The summed E-state index contributed by atoms with van der Waals surface area (Å²) in [6.07, 6.45) is 1.81. The second kappa shape index (κ2) is 5.69. The van der Waals surface area contributed by atoms with Crippen LogP contribution in [0.1, 0.15) is 22.8 Å². The van der Waals surface area contributed by atoms with E-state index in [2.05, 4.69) is 25.1 Å². The Morgan fingerprint density at radius 3 is 2.47 bits per heavy atom. The van der Waals surface area contributed by atoms with Crippen LogP contribution in [0.2, 0.25) is 0 Å². The minimum Gasteiger partial charge on any atom is -0.298 e. The zero-order valence-electron chi connectivity index (χ0n) is 9.72.